The van der Waals surface area contributed by atoms with Crippen LogP contribution in [0.25, 0.3) is 0 Å². The summed E-state index contributed by atoms with van der Waals surface area (Å²) >= 11 is 0. The fourth-order valence-electron chi connectivity index (χ4n) is 1.45. The van der Waals surface area contributed by atoms with Crippen molar-refractivity contribution in [1.29, 1.82) is 5.26 Å². The molecule has 0 aliphatic rings. The molecule has 112 valence electrons. The number of nitrogens with zero attached hydrogens (tertiary/aromatic N) is 2. The van der Waals surface area contributed by atoms with E-state index >= 15 is 0 Å². The van der Waals surface area contributed by atoms with Crippen LogP contribution in [0.2, 0.25) is 0 Å². The third-order valence-corrected chi connectivity index (χ3v) is 2.60. The van der Waals surface area contributed by atoms with Gasteiger partial charge in [0.05, 0.1) is 6.61 Å². The highest BCUT2D eigenvalue weighted by Gasteiger charge is 2.28. The number of ether oxygens (including phenoxy) is 2. The van der Waals surface area contributed by atoms with Gasteiger partial charge in [-0.15, -0.1) is 6.58 Å². The van der Waals surface area contributed by atoms with E-state index in [1.165, 1.54) is 11.9 Å². The van der Waals surface area contributed by atoms with Crippen molar-refractivity contribution in [2.24, 2.45) is 0 Å². The molecule has 0 aromatic carbocycles. The summed E-state index contributed by atoms with van der Waals surface area (Å²) in [7, 11) is 1.53. The Bertz CT molecular complexity index is 363. The highest BCUT2D eigenvalue weighted by Crippen LogP contribution is 2.06. The summed E-state index contributed by atoms with van der Waals surface area (Å²) in [4.78, 5) is 25.1. The van der Waals surface area contributed by atoms with E-state index in [2.05, 4.69) is 6.58 Å². The Morgan fingerprint density at radius 3 is 2.75 bits per heavy atom. The smallest absolute Gasteiger partial charge is 0.332 e. The van der Waals surface area contributed by atoms with Crippen LogP contribution in [0.4, 0.5) is 0 Å². The van der Waals surface area contributed by atoms with Gasteiger partial charge in [-0.05, 0) is 12.8 Å². The number of hydrogen-bond acceptors (Lipinski definition) is 5. The van der Waals surface area contributed by atoms with Crippen molar-refractivity contribution in [3.05, 3.63) is 12.7 Å². The van der Waals surface area contributed by atoms with Gasteiger partial charge in [0, 0.05) is 20.1 Å². The SMILES string of the molecule is C=CCCC(=O)N(C)[C@@H](COCCC)C(=O)OCC#N. The van der Waals surface area contributed by atoms with E-state index in [0.29, 0.717) is 13.0 Å². The molecule has 0 aliphatic heterocycles. The molecule has 6 heteroatoms. The number of hydrogen-bond donors (Lipinski definition) is 0. The van der Waals surface area contributed by atoms with Gasteiger partial charge in [0.1, 0.15) is 6.07 Å². The number of likely N-dealkylation sites (N-methyl/N-ethyl adjacent to an activating group) is 1. The normalized spacial score (nSPS) is 11.2. The first-order valence-corrected chi connectivity index (χ1v) is 6.56. The topological polar surface area (TPSA) is 79.6 Å². The molecule has 0 radical (unpaired) electrons. The molecule has 20 heavy (non-hydrogen) atoms. The molecule has 0 heterocycles. The molecule has 0 N–H and O–H groups in total. The summed E-state index contributed by atoms with van der Waals surface area (Å²) in [6.07, 6.45) is 3.27. The van der Waals surface area contributed by atoms with Gasteiger partial charge in [-0.3, -0.25) is 4.79 Å². The number of carbonyl (C=O) groups excluding carboxylic acids is 2. The van der Waals surface area contributed by atoms with Crippen LogP contribution in [0.3, 0.4) is 0 Å². The molecule has 0 fully saturated rings. The summed E-state index contributed by atoms with van der Waals surface area (Å²) in [5.41, 5.74) is 0. The second-order valence-electron chi connectivity index (χ2n) is 4.19. The fraction of sp³-hybridized carbons (Fsp3) is 0.643. The van der Waals surface area contributed by atoms with E-state index in [9.17, 15) is 9.59 Å². The second-order valence-corrected chi connectivity index (χ2v) is 4.19. The van der Waals surface area contributed by atoms with Crippen LogP contribution in [-0.4, -0.2) is 49.7 Å². The monoisotopic (exact) mass is 282 g/mol. The van der Waals surface area contributed by atoms with E-state index in [4.69, 9.17) is 14.7 Å². The van der Waals surface area contributed by atoms with Gasteiger partial charge < -0.3 is 14.4 Å². The Balaban J connectivity index is 4.63. The van der Waals surface area contributed by atoms with E-state index in [1.807, 2.05) is 6.92 Å². The number of nitriles is 1. The lowest BCUT2D eigenvalue weighted by atomic mass is 10.2. The third kappa shape index (κ3) is 6.90. The highest BCUT2D eigenvalue weighted by atomic mass is 16.5. The molecule has 0 aromatic heterocycles. The molecule has 0 aliphatic carbocycles. The predicted octanol–water partition coefficient (Wildman–Crippen LogP) is 1.27. The standard InChI is InChI=1S/C14H22N2O4/c1-4-6-7-13(17)16(3)12(11-19-9-5-2)14(18)20-10-8-15/h4,12H,1,5-7,9-11H2,2-3H3/t12-/m0/s1. The molecule has 6 nitrogen and oxygen atoms in total. The fourth-order valence-corrected chi connectivity index (χ4v) is 1.45. The van der Waals surface area contributed by atoms with Crippen LogP contribution in [0.15, 0.2) is 12.7 Å². The Hall–Kier alpha value is -1.87. The minimum atomic E-state index is -0.827. The van der Waals surface area contributed by atoms with Gasteiger partial charge in [0.15, 0.2) is 12.6 Å². The summed E-state index contributed by atoms with van der Waals surface area (Å²) in [5, 5.41) is 8.42. The maximum Gasteiger partial charge on any atom is 0.332 e. The van der Waals surface area contributed by atoms with Crippen LogP contribution in [-0.2, 0) is 19.1 Å². The second kappa shape index (κ2) is 11.0. The van der Waals surface area contributed by atoms with Gasteiger partial charge in [0.2, 0.25) is 5.91 Å². The lowest BCUT2D eigenvalue weighted by Crippen LogP contribution is -2.46. The van der Waals surface area contributed by atoms with Crippen LogP contribution in [0.5, 0.6) is 0 Å². The molecule has 0 bridgehead atoms. The van der Waals surface area contributed by atoms with Crippen molar-refractivity contribution in [3.8, 4) is 6.07 Å². The maximum atomic E-state index is 11.9. The van der Waals surface area contributed by atoms with Crippen molar-refractivity contribution < 1.29 is 19.1 Å². The van der Waals surface area contributed by atoms with Crippen LogP contribution in [0.1, 0.15) is 26.2 Å². The summed E-state index contributed by atoms with van der Waals surface area (Å²) < 4.78 is 10.1. The van der Waals surface area contributed by atoms with Gasteiger partial charge in [-0.2, -0.15) is 5.26 Å². The van der Waals surface area contributed by atoms with Gasteiger partial charge in [0.25, 0.3) is 0 Å². The number of carbonyl (C=O) groups is 2. The molecule has 1 atom stereocenters. The number of esters is 1. The Morgan fingerprint density at radius 1 is 1.50 bits per heavy atom. The number of allylic oxidation sites excluding steroid dienone is 1. The molecule has 0 aromatic rings. The number of amides is 1. The molecule has 0 saturated heterocycles. The zero-order valence-electron chi connectivity index (χ0n) is 12.1. The van der Waals surface area contributed by atoms with Crippen LogP contribution in [0, 0.1) is 11.3 Å². The summed E-state index contributed by atoms with van der Waals surface area (Å²) in [6, 6.07) is 0.896. The van der Waals surface area contributed by atoms with Crippen molar-refractivity contribution in [2.75, 3.05) is 26.9 Å². The number of rotatable bonds is 10. The quantitative estimate of drug-likeness (QED) is 0.342. The molecular formula is C14H22N2O4. The largest absolute Gasteiger partial charge is 0.449 e. The minimum Gasteiger partial charge on any atom is -0.449 e. The zero-order chi connectivity index (χ0) is 15.4. The summed E-state index contributed by atoms with van der Waals surface area (Å²) in [5.74, 6) is -0.819. The van der Waals surface area contributed by atoms with Crippen LogP contribution < -0.4 is 0 Å². The molecule has 1 amide bonds. The minimum absolute atomic E-state index is 0.0639. The molecule has 0 saturated carbocycles. The van der Waals surface area contributed by atoms with Crippen molar-refractivity contribution in [3.63, 3.8) is 0 Å². The van der Waals surface area contributed by atoms with Gasteiger partial charge in [-0.25, -0.2) is 4.79 Å². The molecular weight excluding hydrogens is 260 g/mol. The van der Waals surface area contributed by atoms with Gasteiger partial charge in [-0.1, -0.05) is 13.0 Å². The van der Waals surface area contributed by atoms with Crippen molar-refractivity contribution in [2.45, 2.75) is 32.2 Å². The third-order valence-electron chi connectivity index (χ3n) is 2.60. The van der Waals surface area contributed by atoms with E-state index in [1.54, 1.807) is 12.1 Å². The lowest BCUT2D eigenvalue weighted by molar-refractivity contribution is -0.155. The lowest BCUT2D eigenvalue weighted by Gasteiger charge is -2.26. The maximum absolute atomic E-state index is 11.9. The van der Waals surface area contributed by atoms with Gasteiger partial charge >= 0.3 is 5.97 Å². The average molecular weight is 282 g/mol. The Morgan fingerprint density at radius 2 is 2.20 bits per heavy atom. The highest BCUT2D eigenvalue weighted by molar-refractivity contribution is 5.84. The predicted molar refractivity (Wildman–Crippen MR) is 73.7 cm³/mol. The zero-order valence-corrected chi connectivity index (χ0v) is 12.1. The van der Waals surface area contributed by atoms with Crippen LogP contribution >= 0.6 is 0 Å². The summed E-state index contributed by atoms with van der Waals surface area (Å²) in [6.45, 7) is 5.72. The Labute approximate surface area is 119 Å². The first-order valence-electron chi connectivity index (χ1n) is 6.56. The average Bonchev–Trinajstić information content (AvgIpc) is 2.46. The molecule has 0 unspecified atom stereocenters. The van der Waals surface area contributed by atoms with Crippen molar-refractivity contribution >= 4 is 11.9 Å². The van der Waals surface area contributed by atoms with Crippen molar-refractivity contribution in [1.82, 2.24) is 4.90 Å². The van der Waals surface area contributed by atoms with E-state index < -0.39 is 12.0 Å². The van der Waals surface area contributed by atoms with E-state index in [0.717, 1.165) is 6.42 Å². The first-order chi connectivity index (χ1) is 9.58. The van der Waals surface area contributed by atoms with E-state index in [-0.39, 0.29) is 25.5 Å². The first kappa shape index (κ1) is 18.1. The molecule has 0 spiro atoms. The Kier molecular flexibility index (Phi) is 9.97. The molecule has 0 rings (SSSR count).